The predicted octanol–water partition coefficient (Wildman–Crippen LogP) is 13.7. The van der Waals surface area contributed by atoms with Gasteiger partial charge in [0.25, 0.3) is 0 Å². The summed E-state index contributed by atoms with van der Waals surface area (Å²) in [7, 11) is 0. The minimum Gasteiger partial charge on any atom is -0.619 e. The zero-order chi connectivity index (χ0) is 69.2. The molecule has 0 aromatic carbocycles. The summed E-state index contributed by atoms with van der Waals surface area (Å²) < 4.78 is 1.60. The first kappa shape index (κ1) is 80.0. The van der Waals surface area contributed by atoms with Gasteiger partial charge in [-0.25, -0.2) is 59.8 Å². The van der Waals surface area contributed by atoms with Gasteiger partial charge in [0.15, 0.2) is 24.3 Å². The Bertz CT molecular complexity index is 3260. The summed E-state index contributed by atoms with van der Waals surface area (Å²) in [6.45, 7) is 37.0. The number of aryl methyl sites for hydroxylation is 19. The number of pyridine rings is 6. The molecule has 12 rings (SSSR count). The summed E-state index contributed by atoms with van der Waals surface area (Å²) >= 11 is 0. The second-order valence-corrected chi connectivity index (χ2v) is 20.6. The molecule has 12 heterocycles. The quantitative estimate of drug-likeness (QED) is 0.101. The number of hydrogen-bond acceptors (Lipinski definition) is 18. The van der Waals surface area contributed by atoms with Crippen LogP contribution in [-0.4, -0.2) is 79.7 Å². The predicted molar refractivity (Wildman–Crippen MR) is 370 cm³/mol. The van der Waals surface area contributed by atoms with Gasteiger partial charge >= 0.3 is 0 Å². The monoisotopic (exact) mass is 1250 g/mol. The van der Waals surface area contributed by atoms with Crippen molar-refractivity contribution in [2.24, 2.45) is 0 Å². The molecule has 0 atom stereocenters. The maximum atomic E-state index is 10.5. The summed E-state index contributed by atoms with van der Waals surface area (Å²) in [5.74, 6) is 4.18. The van der Waals surface area contributed by atoms with Crippen LogP contribution in [0.15, 0.2) is 215 Å². The highest BCUT2D eigenvalue weighted by atomic mass is 16.5. The molecular formula is C73H92N18O2. The van der Waals surface area contributed by atoms with Crippen molar-refractivity contribution in [1.29, 1.82) is 0 Å². The fraction of sp³-hybridized carbons (Fsp3) is 0.260. The molecule has 486 valence electrons. The Morgan fingerprint density at radius 1 is 0.258 bits per heavy atom. The first-order valence-electron chi connectivity index (χ1n) is 29.6. The average molecular weight is 1250 g/mol. The van der Waals surface area contributed by atoms with Crippen molar-refractivity contribution in [2.45, 2.75) is 132 Å². The number of nitrogens with zero attached hydrogens (tertiary/aromatic N) is 18. The van der Waals surface area contributed by atoms with E-state index in [1.165, 1.54) is 47.2 Å². The lowest BCUT2D eigenvalue weighted by Gasteiger charge is -1.95. The van der Waals surface area contributed by atoms with Gasteiger partial charge in [0.2, 0.25) is 0 Å². The molecule has 20 nitrogen and oxygen atoms in total. The molecule has 0 bridgehead atoms. The van der Waals surface area contributed by atoms with Crippen LogP contribution in [0.4, 0.5) is 0 Å². The van der Waals surface area contributed by atoms with E-state index >= 15 is 0 Å². The van der Waals surface area contributed by atoms with Crippen molar-refractivity contribution < 1.29 is 9.46 Å². The molecule has 0 N–H and O–H groups in total. The summed E-state index contributed by atoms with van der Waals surface area (Å²) in [4.78, 5) is 63.4. The molecule has 0 fully saturated rings. The lowest BCUT2D eigenvalue weighted by atomic mass is 10.3. The summed E-state index contributed by atoms with van der Waals surface area (Å²) in [5, 5.41) is 20.9. The highest BCUT2D eigenvalue weighted by Crippen LogP contribution is 1.99. The summed E-state index contributed by atoms with van der Waals surface area (Å²) in [6, 6.07) is 34.3. The second kappa shape index (κ2) is 48.8. The van der Waals surface area contributed by atoms with Gasteiger partial charge in [0.1, 0.15) is 35.4 Å². The van der Waals surface area contributed by atoms with Crippen molar-refractivity contribution in [1.82, 2.24) is 79.7 Å². The van der Waals surface area contributed by atoms with Gasteiger partial charge in [-0.3, -0.25) is 19.9 Å². The van der Waals surface area contributed by atoms with E-state index in [0.29, 0.717) is 0 Å². The topological polar surface area (TPSA) is 260 Å². The Hall–Kier alpha value is -11.0. The van der Waals surface area contributed by atoms with Crippen molar-refractivity contribution in [3.05, 3.63) is 333 Å². The zero-order valence-corrected chi connectivity index (χ0v) is 57.6. The average Bonchev–Trinajstić information content (AvgIpc) is 3.65. The SMILES string of the molecule is Cc1cc(C)nc(C)n1.Cc1cc[n+]([O-])cc1.Cc1ccc(C)nc1.Cc1cccc[n+]1[O-].Cc1cccnc1.Cc1ccnc(C)c1.Cc1ccnc(C)n1.Cc1ccnc(C)n1.Cc1ccncc1.Cc1ccncn1.Cc1cnc(C)nc1.Cc1ncccn1. The number of hydrogen-bond donors (Lipinski definition) is 0. The Kier molecular flexibility index (Phi) is 42.0. The number of aromatic nitrogens is 18. The molecule has 93 heavy (non-hydrogen) atoms. The molecule has 12 aromatic rings. The van der Waals surface area contributed by atoms with Gasteiger partial charge in [-0.2, -0.15) is 9.46 Å². The van der Waals surface area contributed by atoms with Crippen LogP contribution in [0.3, 0.4) is 0 Å². The molecule has 0 saturated carbocycles. The molecule has 0 aliphatic heterocycles. The van der Waals surface area contributed by atoms with Crippen LogP contribution in [0, 0.1) is 142 Å². The third kappa shape index (κ3) is 46.7. The Balaban J connectivity index is 0.000000508. The minimum absolute atomic E-state index is 0.729. The van der Waals surface area contributed by atoms with Crippen LogP contribution in [0.5, 0.6) is 0 Å². The van der Waals surface area contributed by atoms with Crippen LogP contribution in [0.2, 0.25) is 0 Å². The molecular weight excluding hydrogens is 1160 g/mol. The molecule has 20 heteroatoms. The number of rotatable bonds is 0. The van der Waals surface area contributed by atoms with Gasteiger partial charge in [-0.05, 0) is 225 Å². The lowest BCUT2D eigenvalue weighted by Crippen LogP contribution is -2.28. The van der Waals surface area contributed by atoms with E-state index in [2.05, 4.69) is 98.8 Å². The van der Waals surface area contributed by atoms with Crippen molar-refractivity contribution >= 4 is 0 Å². The maximum absolute atomic E-state index is 10.5. The Morgan fingerprint density at radius 3 is 1.05 bits per heavy atom. The molecule has 0 amide bonds. The largest absolute Gasteiger partial charge is 0.619 e. The van der Waals surface area contributed by atoms with E-state index in [1.54, 1.807) is 86.8 Å². The van der Waals surface area contributed by atoms with Crippen molar-refractivity contribution in [2.75, 3.05) is 0 Å². The van der Waals surface area contributed by atoms with Gasteiger partial charge in [0, 0.05) is 152 Å². The van der Waals surface area contributed by atoms with Crippen LogP contribution in [0.25, 0.3) is 0 Å². The van der Waals surface area contributed by atoms with E-state index in [-0.39, 0.29) is 0 Å². The van der Waals surface area contributed by atoms with Gasteiger partial charge in [-0.1, -0.05) is 18.2 Å². The third-order valence-electron chi connectivity index (χ3n) is 11.0. The second-order valence-electron chi connectivity index (χ2n) is 20.6. The smallest absolute Gasteiger partial charge is 0.189 e. The van der Waals surface area contributed by atoms with E-state index in [4.69, 9.17) is 0 Å². The van der Waals surface area contributed by atoms with Crippen LogP contribution in [0.1, 0.15) is 108 Å². The van der Waals surface area contributed by atoms with E-state index in [9.17, 15) is 10.4 Å². The highest BCUT2D eigenvalue weighted by molar-refractivity contribution is 5.13. The standard InChI is InChI=1S/C7H10N2.2C7H9N.3C6H8N2.2C6H7NO.2C6H7N.2C5H6N2/c1-5-4-6(2)9-7(3)8-5;1-6-3-4-8-7(2)5-6;1-6-3-4-7(2)8-5-6;1-5-3-7-6(2)8-4-5;2*1-5-3-4-7-6(2)8-5;1-6-2-4-7(8)5-3-6;1-6-4-2-3-5-7(6)8;1-6-2-4-7-5-3-6;1-6-3-2-4-7-5-6;1-5-2-3-6-4-7-5;1-5-6-3-2-4-7-5/h4H,1-3H3;2*3-5H,1-2H3;3*3-4H,1-2H3;2*2-5H,1H3;2*2-5H,1H3;2*2-4H,1H3. The summed E-state index contributed by atoms with van der Waals surface area (Å²) in [5.41, 5.74) is 15.2. The van der Waals surface area contributed by atoms with E-state index in [0.717, 1.165) is 95.3 Å². The highest BCUT2D eigenvalue weighted by Gasteiger charge is 1.92. The van der Waals surface area contributed by atoms with E-state index in [1.807, 2.05) is 215 Å². The van der Waals surface area contributed by atoms with Crippen LogP contribution in [-0.2, 0) is 0 Å². The molecule has 0 spiro atoms. The summed E-state index contributed by atoms with van der Waals surface area (Å²) in [6.07, 6.45) is 29.2. The molecule has 0 aliphatic carbocycles. The van der Waals surface area contributed by atoms with E-state index < -0.39 is 0 Å². The van der Waals surface area contributed by atoms with Crippen LogP contribution >= 0.6 is 0 Å². The molecule has 0 aliphatic rings. The molecule has 0 unspecified atom stereocenters. The Labute approximate surface area is 551 Å². The first-order chi connectivity index (χ1) is 44.3. The Morgan fingerprint density at radius 2 is 0.742 bits per heavy atom. The van der Waals surface area contributed by atoms with Gasteiger partial charge in [-0.15, -0.1) is 0 Å². The normalized spacial score (nSPS) is 9.11. The minimum atomic E-state index is 0.729. The fourth-order valence-electron chi connectivity index (χ4n) is 6.34. The molecule has 0 radical (unpaired) electrons. The van der Waals surface area contributed by atoms with Crippen molar-refractivity contribution in [3.63, 3.8) is 0 Å². The fourth-order valence-corrected chi connectivity index (χ4v) is 6.34. The zero-order valence-electron chi connectivity index (χ0n) is 57.6. The van der Waals surface area contributed by atoms with Gasteiger partial charge in [0.05, 0.1) is 0 Å². The molecule has 0 saturated heterocycles. The maximum Gasteiger partial charge on any atom is 0.189 e. The third-order valence-corrected chi connectivity index (χ3v) is 11.0. The van der Waals surface area contributed by atoms with Crippen molar-refractivity contribution in [3.8, 4) is 0 Å². The van der Waals surface area contributed by atoms with Gasteiger partial charge < -0.3 is 10.4 Å². The first-order valence-corrected chi connectivity index (χ1v) is 29.6. The lowest BCUT2D eigenvalue weighted by molar-refractivity contribution is -0.612. The van der Waals surface area contributed by atoms with Crippen LogP contribution < -0.4 is 9.46 Å². The molecule has 12 aromatic heterocycles.